The molecule has 1 saturated carbocycles. The fourth-order valence-electron chi connectivity index (χ4n) is 6.98. The first-order chi connectivity index (χ1) is 16.0. The first-order valence-corrected chi connectivity index (χ1v) is 11.6. The molecule has 0 radical (unpaired) electrons. The number of alkyl halides is 7. The standard InChI is InChI=1S/C25H27F7O3/c1-13(33)17-6-7-18-16-5-4-14-12-15(8-10-21(14,2)19(16)9-11-22(17,18)3)35-20(34)23(26,27)24(28,29)25(30,31)32/h4,6,12,16,18-19H,5,7-11H2,1-3H3. The molecule has 10 heteroatoms. The number of halogens is 7. The summed E-state index contributed by atoms with van der Waals surface area (Å²) in [5.41, 5.74) is 0.988. The molecular formula is C25H27F7O3. The minimum absolute atomic E-state index is 0.0463. The van der Waals surface area contributed by atoms with Crippen molar-refractivity contribution >= 4 is 11.8 Å². The van der Waals surface area contributed by atoms with Gasteiger partial charge in [0.2, 0.25) is 0 Å². The maximum absolute atomic E-state index is 13.7. The summed E-state index contributed by atoms with van der Waals surface area (Å²) in [6.07, 6.45) is 2.09. The molecule has 0 spiro atoms. The highest BCUT2D eigenvalue weighted by Crippen LogP contribution is 2.64. The number of hydrogen-bond donors (Lipinski definition) is 0. The SMILES string of the molecule is CC(=O)C1=CCC2C3CC=C4C=C(OC(=O)C(F)(F)C(F)(F)C(F)(F)F)CCC4(C)C3CCC12C. The largest absolute Gasteiger partial charge is 0.460 e. The van der Waals surface area contributed by atoms with Crippen LogP contribution in [0.1, 0.15) is 59.3 Å². The molecule has 4 rings (SSSR count). The number of fused-ring (bicyclic) bond motifs is 5. The Kier molecular flexibility index (Phi) is 5.88. The van der Waals surface area contributed by atoms with Gasteiger partial charge in [-0.05, 0) is 84.8 Å². The predicted molar refractivity (Wildman–Crippen MR) is 111 cm³/mol. The van der Waals surface area contributed by atoms with Gasteiger partial charge in [-0.25, -0.2) is 4.79 Å². The molecule has 0 aromatic rings. The fourth-order valence-corrected chi connectivity index (χ4v) is 6.98. The van der Waals surface area contributed by atoms with Crippen LogP contribution in [-0.4, -0.2) is 29.8 Å². The summed E-state index contributed by atoms with van der Waals surface area (Å²) < 4.78 is 95.4. The molecule has 0 aliphatic heterocycles. The summed E-state index contributed by atoms with van der Waals surface area (Å²) in [6.45, 7) is 5.73. The summed E-state index contributed by atoms with van der Waals surface area (Å²) in [7, 11) is 0. The van der Waals surface area contributed by atoms with Crippen LogP contribution in [0.25, 0.3) is 0 Å². The normalized spacial score (nSPS) is 35.1. The Morgan fingerprint density at radius 1 is 0.943 bits per heavy atom. The van der Waals surface area contributed by atoms with Crippen LogP contribution in [0.15, 0.2) is 35.1 Å². The minimum Gasteiger partial charge on any atom is -0.426 e. The summed E-state index contributed by atoms with van der Waals surface area (Å²) in [5, 5.41) is 0. The van der Waals surface area contributed by atoms with Crippen molar-refractivity contribution in [3.63, 3.8) is 0 Å². The van der Waals surface area contributed by atoms with Gasteiger partial charge in [-0.1, -0.05) is 26.0 Å². The lowest BCUT2D eigenvalue weighted by molar-refractivity contribution is -0.347. The van der Waals surface area contributed by atoms with E-state index in [1.165, 1.54) is 6.08 Å². The number of ketones is 1. The first-order valence-electron chi connectivity index (χ1n) is 11.6. The number of rotatable bonds is 4. The smallest absolute Gasteiger partial charge is 0.426 e. The van der Waals surface area contributed by atoms with E-state index < -0.39 is 29.4 Å². The molecule has 35 heavy (non-hydrogen) atoms. The quantitative estimate of drug-likeness (QED) is 0.305. The van der Waals surface area contributed by atoms with E-state index in [0.717, 1.165) is 24.8 Å². The molecule has 0 aromatic carbocycles. The average molecular weight is 508 g/mol. The zero-order valence-corrected chi connectivity index (χ0v) is 19.6. The van der Waals surface area contributed by atoms with Crippen molar-refractivity contribution in [2.75, 3.05) is 0 Å². The predicted octanol–water partition coefficient (Wildman–Crippen LogP) is 6.94. The molecule has 5 unspecified atom stereocenters. The Bertz CT molecular complexity index is 1040. The van der Waals surface area contributed by atoms with Crippen LogP contribution in [0.3, 0.4) is 0 Å². The van der Waals surface area contributed by atoms with Crippen LogP contribution in [0.2, 0.25) is 0 Å². The van der Waals surface area contributed by atoms with Gasteiger partial charge in [0.25, 0.3) is 0 Å². The van der Waals surface area contributed by atoms with E-state index in [-0.39, 0.29) is 41.1 Å². The summed E-state index contributed by atoms with van der Waals surface area (Å²) in [4.78, 5) is 23.9. The Labute approximate surface area is 198 Å². The van der Waals surface area contributed by atoms with Crippen LogP contribution >= 0.6 is 0 Å². The Morgan fingerprint density at radius 2 is 1.60 bits per heavy atom. The van der Waals surface area contributed by atoms with Gasteiger partial charge >= 0.3 is 24.0 Å². The molecule has 5 atom stereocenters. The van der Waals surface area contributed by atoms with Crippen molar-refractivity contribution < 1.29 is 45.1 Å². The molecule has 1 fully saturated rings. The number of hydrogen-bond acceptors (Lipinski definition) is 3. The second kappa shape index (κ2) is 7.93. The molecule has 0 saturated heterocycles. The maximum Gasteiger partial charge on any atom is 0.460 e. The Morgan fingerprint density at radius 3 is 2.20 bits per heavy atom. The first kappa shape index (κ1) is 25.9. The Balaban J connectivity index is 1.55. The van der Waals surface area contributed by atoms with E-state index in [1.807, 2.05) is 19.1 Å². The number of esters is 1. The molecule has 0 bridgehead atoms. The number of ether oxygens (including phenoxy) is 1. The highest BCUT2D eigenvalue weighted by atomic mass is 19.4. The molecule has 0 heterocycles. The fraction of sp³-hybridized carbons (Fsp3) is 0.680. The van der Waals surface area contributed by atoms with Crippen molar-refractivity contribution in [1.29, 1.82) is 0 Å². The van der Waals surface area contributed by atoms with Crippen molar-refractivity contribution in [3.8, 4) is 0 Å². The van der Waals surface area contributed by atoms with Gasteiger partial charge in [0.1, 0.15) is 5.76 Å². The van der Waals surface area contributed by atoms with Crippen LogP contribution in [0.4, 0.5) is 30.7 Å². The Hall–Kier alpha value is -2.13. The molecule has 0 N–H and O–H groups in total. The van der Waals surface area contributed by atoms with Crippen molar-refractivity contribution in [1.82, 2.24) is 0 Å². The molecule has 4 aliphatic rings. The van der Waals surface area contributed by atoms with E-state index in [2.05, 4.69) is 11.7 Å². The minimum atomic E-state index is -6.61. The summed E-state index contributed by atoms with van der Waals surface area (Å²) >= 11 is 0. The zero-order chi connectivity index (χ0) is 26.2. The van der Waals surface area contributed by atoms with Gasteiger partial charge < -0.3 is 4.74 Å². The third-order valence-electron chi connectivity index (χ3n) is 8.92. The molecule has 0 amide bonds. The highest BCUT2D eigenvalue weighted by molar-refractivity contribution is 5.95. The number of Topliss-reactive ketones (excluding diaryl/α,β-unsaturated/α-hetero) is 1. The molecular weight excluding hydrogens is 481 g/mol. The monoisotopic (exact) mass is 508 g/mol. The van der Waals surface area contributed by atoms with Gasteiger partial charge in [0.05, 0.1) is 0 Å². The van der Waals surface area contributed by atoms with Crippen LogP contribution < -0.4 is 0 Å². The zero-order valence-electron chi connectivity index (χ0n) is 19.6. The van der Waals surface area contributed by atoms with Gasteiger partial charge in [-0.3, -0.25) is 4.79 Å². The van der Waals surface area contributed by atoms with Crippen LogP contribution in [0.5, 0.6) is 0 Å². The number of carbonyl (C=O) groups is 2. The van der Waals surface area contributed by atoms with Gasteiger partial charge in [0, 0.05) is 6.42 Å². The lowest BCUT2D eigenvalue weighted by Crippen LogP contribution is -2.56. The second-order valence-electron chi connectivity index (χ2n) is 10.7. The van der Waals surface area contributed by atoms with Crippen molar-refractivity contribution in [2.45, 2.75) is 77.3 Å². The van der Waals surface area contributed by atoms with E-state index >= 15 is 0 Å². The summed E-state index contributed by atoms with van der Waals surface area (Å²) in [6, 6.07) is 0. The third-order valence-corrected chi connectivity index (χ3v) is 8.92. The third kappa shape index (κ3) is 3.68. The topological polar surface area (TPSA) is 43.4 Å². The van der Waals surface area contributed by atoms with Crippen LogP contribution in [-0.2, 0) is 14.3 Å². The lowest BCUT2D eigenvalue weighted by atomic mass is 9.48. The molecule has 0 aromatic heterocycles. The van der Waals surface area contributed by atoms with E-state index in [1.54, 1.807) is 6.92 Å². The van der Waals surface area contributed by atoms with E-state index in [9.17, 15) is 40.3 Å². The second-order valence-corrected chi connectivity index (χ2v) is 10.7. The van der Waals surface area contributed by atoms with E-state index in [4.69, 9.17) is 0 Å². The van der Waals surface area contributed by atoms with Gasteiger partial charge in [-0.2, -0.15) is 30.7 Å². The van der Waals surface area contributed by atoms with Gasteiger partial charge in [0.15, 0.2) is 5.78 Å². The van der Waals surface area contributed by atoms with Gasteiger partial charge in [-0.15, -0.1) is 0 Å². The molecule has 3 nitrogen and oxygen atoms in total. The highest BCUT2D eigenvalue weighted by Gasteiger charge is 2.77. The van der Waals surface area contributed by atoms with E-state index in [0.29, 0.717) is 18.4 Å². The number of allylic oxidation sites excluding steroid dienone is 6. The van der Waals surface area contributed by atoms with Crippen molar-refractivity contribution in [2.24, 2.45) is 28.6 Å². The lowest BCUT2D eigenvalue weighted by Gasteiger charge is -2.56. The molecule has 4 aliphatic carbocycles. The maximum atomic E-state index is 13.7. The van der Waals surface area contributed by atoms with Crippen molar-refractivity contribution in [3.05, 3.63) is 35.1 Å². The average Bonchev–Trinajstić information content (AvgIpc) is 3.10. The summed E-state index contributed by atoms with van der Waals surface area (Å²) in [5.74, 6) is -15.0. The van der Waals surface area contributed by atoms with Crippen LogP contribution in [0, 0.1) is 28.6 Å². The number of carbonyl (C=O) groups excluding carboxylic acids is 2. The molecule has 194 valence electrons.